The number of para-hydroxylation sites is 1. The molecule has 3 atom stereocenters. The fraction of sp³-hybridized carbons (Fsp3) is 0.286. The Labute approximate surface area is 254 Å². The van der Waals surface area contributed by atoms with Gasteiger partial charge in [0.25, 0.3) is 0 Å². The monoisotopic (exact) mass is 605 g/mol. The minimum absolute atomic E-state index is 0.00740. The van der Waals surface area contributed by atoms with E-state index in [1.54, 1.807) is 32.4 Å². The zero-order valence-corrected chi connectivity index (χ0v) is 24.4. The molecule has 1 aliphatic rings. The Bertz CT molecular complexity index is 1470. The highest BCUT2D eigenvalue weighted by Crippen LogP contribution is 2.44. The summed E-state index contributed by atoms with van der Waals surface area (Å²) in [7, 11) is 3.17. The van der Waals surface area contributed by atoms with Crippen molar-refractivity contribution in [2.24, 2.45) is 5.92 Å². The van der Waals surface area contributed by atoms with Crippen LogP contribution in [0.4, 0.5) is 18.9 Å². The van der Waals surface area contributed by atoms with Gasteiger partial charge in [-0.25, -0.2) is 0 Å². The number of hydrogen-bond donors (Lipinski definition) is 1. The number of rotatable bonds is 10. The highest BCUT2D eigenvalue weighted by Gasteiger charge is 2.49. The Kier molecular flexibility index (Phi) is 9.27. The van der Waals surface area contributed by atoms with E-state index in [2.05, 4.69) is 0 Å². The first-order chi connectivity index (χ1) is 21.2. The number of ether oxygens (including phenoxy) is 3. The van der Waals surface area contributed by atoms with E-state index in [9.17, 15) is 23.1 Å². The second-order valence-electron chi connectivity index (χ2n) is 10.8. The first-order valence-corrected chi connectivity index (χ1v) is 14.3. The summed E-state index contributed by atoms with van der Waals surface area (Å²) in [5.74, 6) is -1.19. The van der Waals surface area contributed by atoms with E-state index in [-0.39, 0.29) is 25.1 Å². The number of benzene rings is 4. The fourth-order valence-electron chi connectivity index (χ4n) is 5.99. The van der Waals surface area contributed by atoms with Gasteiger partial charge in [-0.3, -0.25) is 4.79 Å². The predicted octanol–water partition coefficient (Wildman–Crippen LogP) is 6.75. The molecule has 0 heterocycles. The predicted molar refractivity (Wildman–Crippen MR) is 161 cm³/mol. The number of methoxy groups -OCH3 is 2. The molecule has 44 heavy (non-hydrogen) atoms. The van der Waals surface area contributed by atoms with Gasteiger partial charge in [-0.15, -0.1) is 0 Å². The molecule has 0 aliphatic heterocycles. The third-order valence-electron chi connectivity index (χ3n) is 8.18. The Morgan fingerprint density at radius 1 is 0.750 bits per heavy atom. The van der Waals surface area contributed by atoms with E-state index < -0.39 is 35.7 Å². The summed E-state index contributed by atoms with van der Waals surface area (Å²) in [6, 6.07) is 31.4. The minimum atomic E-state index is -5.07. The van der Waals surface area contributed by atoms with E-state index in [0.29, 0.717) is 11.5 Å². The van der Waals surface area contributed by atoms with Crippen LogP contribution in [0.5, 0.6) is 11.5 Å². The number of amides is 1. The van der Waals surface area contributed by atoms with Crippen LogP contribution in [0.25, 0.3) is 0 Å². The summed E-state index contributed by atoms with van der Waals surface area (Å²) in [5.41, 5.74) is 1.37. The summed E-state index contributed by atoms with van der Waals surface area (Å²) in [6.07, 6.45) is -5.96. The van der Waals surface area contributed by atoms with Crippen LogP contribution >= 0.6 is 0 Å². The Morgan fingerprint density at radius 2 is 1.23 bits per heavy atom. The lowest BCUT2D eigenvalue weighted by molar-refractivity contribution is -0.171. The maximum Gasteiger partial charge on any atom is 0.471 e. The van der Waals surface area contributed by atoms with Crippen molar-refractivity contribution in [1.82, 2.24) is 0 Å². The molecule has 0 unspecified atom stereocenters. The number of hydrogen-bond acceptors (Lipinski definition) is 5. The first kappa shape index (κ1) is 31.1. The van der Waals surface area contributed by atoms with Crippen molar-refractivity contribution >= 4 is 11.6 Å². The van der Waals surface area contributed by atoms with Gasteiger partial charge in [-0.1, -0.05) is 72.8 Å². The van der Waals surface area contributed by atoms with Crippen LogP contribution in [0.15, 0.2) is 109 Å². The Hall–Kier alpha value is -4.34. The molecule has 6 nitrogen and oxygen atoms in total. The van der Waals surface area contributed by atoms with E-state index >= 15 is 0 Å². The quantitative estimate of drug-likeness (QED) is 0.203. The second-order valence-corrected chi connectivity index (χ2v) is 10.8. The maximum absolute atomic E-state index is 13.7. The van der Waals surface area contributed by atoms with Gasteiger partial charge in [0, 0.05) is 17.6 Å². The summed E-state index contributed by atoms with van der Waals surface area (Å²) < 4.78 is 58.8. The number of aliphatic hydroxyl groups is 1. The van der Waals surface area contributed by atoms with Crippen LogP contribution in [0.2, 0.25) is 0 Å². The lowest BCUT2D eigenvalue weighted by atomic mass is 9.79. The number of aliphatic hydroxyl groups excluding tert-OH is 1. The molecule has 1 amide bonds. The molecule has 0 saturated heterocycles. The number of halogens is 3. The summed E-state index contributed by atoms with van der Waals surface area (Å²) in [4.78, 5) is 13.4. The van der Waals surface area contributed by atoms with Gasteiger partial charge in [0.05, 0.1) is 26.9 Å². The standard InChI is InChI=1S/C35H34F3NO5/c1-42-30-17-13-26(14-18-30)34(25-9-5-3-6-10-25,27-15-19-31(43-2)20-16-27)44-23-24-21-29(22-32(24)40)39(33(41)35(36,37)38)28-11-7-4-8-12-28/h3-20,24,29,32,40H,21-23H2,1-2H3/t24-,29+,32+/m1/s1. The van der Waals surface area contributed by atoms with Crippen LogP contribution in [0.1, 0.15) is 29.5 Å². The molecule has 9 heteroatoms. The molecule has 1 aliphatic carbocycles. The molecular weight excluding hydrogens is 571 g/mol. The highest BCUT2D eigenvalue weighted by atomic mass is 19.4. The largest absolute Gasteiger partial charge is 0.497 e. The number of alkyl halides is 3. The van der Waals surface area contributed by atoms with Crippen LogP contribution in [0.3, 0.4) is 0 Å². The molecule has 0 aromatic heterocycles. The summed E-state index contributed by atoms with van der Waals surface area (Å²) in [6.45, 7) is 0.00740. The zero-order valence-electron chi connectivity index (χ0n) is 24.4. The van der Waals surface area contributed by atoms with Crippen molar-refractivity contribution < 1.29 is 37.3 Å². The van der Waals surface area contributed by atoms with Gasteiger partial charge >= 0.3 is 12.1 Å². The van der Waals surface area contributed by atoms with Gasteiger partial charge in [0.1, 0.15) is 17.1 Å². The topological polar surface area (TPSA) is 68.2 Å². The Morgan fingerprint density at radius 3 is 1.70 bits per heavy atom. The number of carbonyl (C=O) groups excluding carboxylic acids is 1. The van der Waals surface area contributed by atoms with Crippen LogP contribution in [-0.4, -0.2) is 50.2 Å². The SMILES string of the molecule is COc1ccc(C(OC[C@H]2C[C@H](N(C(=O)C(F)(F)F)c3ccccc3)C[C@@H]2O)(c2ccccc2)c2ccc(OC)cc2)cc1. The lowest BCUT2D eigenvalue weighted by Crippen LogP contribution is -2.46. The zero-order chi connectivity index (χ0) is 31.3. The van der Waals surface area contributed by atoms with Crippen molar-refractivity contribution in [3.05, 3.63) is 126 Å². The van der Waals surface area contributed by atoms with Gasteiger partial charge < -0.3 is 24.2 Å². The molecule has 0 radical (unpaired) electrons. The average molecular weight is 606 g/mol. The van der Waals surface area contributed by atoms with Crippen molar-refractivity contribution in [2.45, 2.75) is 36.8 Å². The molecule has 230 valence electrons. The van der Waals surface area contributed by atoms with E-state index in [0.717, 1.165) is 21.6 Å². The normalized spacial score (nSPS) is 18.5. The van der Waals surface area contributed by atoms with Crippen molar-refractivity contribution in [3.63, 3.8) is 0 Å². The summed E-state index contributed by atoms with van der Waals surface area (Å²) in [5, 5.41) is 11.2. The molecule has 1 fully saturated rings. The number of carbonyl (C=O) groups is 1. The van der Waals surface area contributed by atoms with E-state index in [1.165, 1.54) is 12.1 Å². The maximum atomic E-state index is 13.7. The molecular formula is C35H34F3NO5. The first-order valence-electron chi connectivity index (χ1n) is 14.3. The molecule has 1 N–H and O–H groups in total. The molecule has 0 spiro atoms. The highest BCUT2D eigenvalue weighted by molar-refractivity contribution is 5.97. The lowest BCUT2D eigenvalue weighted by Gasteiger charge is -2.37. The second kappa shape index (κ2) is 13.1. The van der Waals surface area contributed by atoms with Crippen molar-refractivity contribution in [2.75, 3.05) is 25.7 Å². The molecule has 1 saturated carbocycles. The van der Waals surface area contributed by atoms with Crippen LogP contribution in [0, 0.1) is 5.92 Å². The van der Waals surface area contributed by atoms with Gasteiger partial charge in [0.2, 0.25) is 0 Å². The van der Waals surface area contributed by atoms with E-state index in [4.69, 9.17) is 14.2 Å². The van der Waals surface area contributed by atoms with Crippen LogP contribution < -0.4 is 14.4 Å². The minimum Gasteiger partial charge on any atom is -0.497 e. The molecule has 0 bridgehead atoms. The number of anilines is 1. The van der Waals surface area contributed by atoms with E-state index in [1.807, 2.05) is 78.9 Å². The molecule has 5 rings (SSSR count). The third-order valence-corrected chi connectivity index (χ3v) is 8.18. The van der Waals surface area contributed by atoms with Gasteiger partial charge in [0.15, 0.2) is 0 Å². The van der Waals surface area contributed by atoms with Crippen LogP contribution in [-0.2, 0) is 15.1 Å². The van der Waals surface area contributed by atoms with Gasteiger partial charge in [-0.05, 0) is 65.9 Å². The molecule has 4 aromatic carbocycles. The van der Waals surface area contributed by atoms with Crippen molar-refractivity contribution in [3.8, 4) is 11.5 Å². The smallest absolute Gasteiger partial charge is 0.471 e. The van der Waals surface area contributed by atoms with Gasteiger partial charge in [-0.2, -0.15) is 13.2 Å². The molecule has 4 aromatic rings. The van der Waals surface area contributed by atoms with Crippen molar-refractivity contribution in [1.29, 1.82) is 0 Å². The Balaban J connectivity index is 1.52. The summed E-state index contributed by atoms with van der Waals surface area (Å²) >= 11 is 0. The number of nitrogens with zero attached hydrogens (tertiary/aromatic N) is 1. The average Bonchev–Trinajstić information content (AvgIpc) is 3.42. The fourth-order valence-corrected chi connectivity index (χ4v) is 5.99. The third kappa shape index (κ3) is 6.30.